The quantitative estimate of drug-likeness (QED) is 0.880. The van der Waals surface area contributed by atoms with Crippen LogP contribution in [0.5, 0.6) is 0 Å². The second kappa shape index (κ2) is 7.04. The second-order valence-corrected chi connectivity index (χ2v) is 5.24. The number of anilines is 1. The number of nitrogens with one attached hydrogen (secondary N) is 1. The van der Waals surface area contributed by atoms with Gasteiger partial charge in [-0.05, 0) is 37.5 Å². The molecule has 0 saturated carbocycles. The third-order valence-corrected chi connectivity index (χ3v) is 3.57. The number of para-hydroxylation sites is 1. The monoisotopic (exact) mass is 283 g/mol. The van der Waals surface area contributed by atoms with E-state index in [1.54, 1.807) is 6.92 Å². The topological polar surface area (TPSA) is 49.3 Å². The van der Waals surface area contributed by atoms with E-state index in [1.807, 2.05) is 42.5 Å². The first-order valence-electron chi connectivity index (χ1n) is 7.19. The Balaban J connectivity index is 1.98. The molecule has 2 rings (SSSR count). The van der Waals surface area contributed by atoms with E-state index in [1.165, 1.54) is 11.1 Å². The fourth-order valence-corrected chi connectivity index (χ4v) is 2.33. The molecular weight excluding hydrogens is 262 g/mol. The first-order valence-corrected chi connectivity index (χ1v) is 7.19. The van der Waals surface area contributed by atoms with Gasteiger partial charge in [0, 0.05) is 17.7 Å². The SMILES string of the molecule is Cc1ccccc1CCC(=O)Nc1ccccc1C(C)O. The Morgan fingerprint density at radius 2 is 1.81 bits per heavy atom. The van der Waals surface area contributed by atoms with Crippen molar-refractivity contribution in [2.45, 2.75) is 32.8 Å². The highest BCUT2D eigenvalue weighted by atomic mass is 16.3. The Morgan fingerprint density at radius 3 is 2.52 bits per heavy atom. The second-order valence-electron chi connectivity index (χ2n) is 5.24. The summed E-state index contributed by atoms with van der Waals surface area (Å²) in [6.07, 6.45) is 0.548. The lowest BCUT2D eigenvalue weighted by molar-refractivity contribution is -0.116. The molecule has 2 aromatic carbocycles. The molecule has 0 aliphatic heterocycles. The summed E-state index contributed by atoms with van der Waals surface area (Å²) >= 11 is 0. The lowest BCUT2D eigenvalue weighted by atomic mass is 10.0. The average Bonchev–Trinajstić information content (AvgIpc) is 2.47. The van der Waals surface area contributed by atoms with Gasteiger partial charge in [0.05, 0.1) is 6.10 Å². The summed E-state index contributed by atoms with van der Waals surface area (Å²) < 4.78 is 0. The predicted molar refractivity (Wildman–Crippen MR) is 85.2 cm³/mol. The number of aryl methyl sites for hydroxylation is 2. The molecule has 0 fully saturated rings. The van der Waals surface area contributed by atoms with Crippen LogP contribution in [0.1, 0.15) is 36.1 Å². The zero-order valence-electron chi connectivity index (χ0n) is 12.5. The van der Waals surface area contributed by atoms with Crippen LogP contribution in [0.3, 0.4) is 0 Å². The zero-order chi connectivity index (χ0) is 15.2. The van der Waals surface area contributed by atoms with E-state index >= 15 is 0 Å². The van der Waals surface area contributed by atoms with Gasteiger partial charge in [-0.25, -0.2) is 0 Å². The minimum atomic E-state index is -0.599. The van der Waals surface area contributed by atoms with Gasteiger partial charge in [0.1, 0.15) is 0 Å². The van der Waals surface area contributed by atoms with E-state index in [4.69, 9.17) is 0 Å². The van der Waals surface area contributed by atoms with E-state index in [0.29, 0.717) is 12.1 Å². The predicted octanol–water partition coefficient (Wildman–Crippen LogP) is 3.62. The fraction of sp³-hybridized carbons (Fsp3) is 0.278. The minimum absolute atomic E-state index is 0.0358. The lowest BCUT2D eigenvalue weighted by Crippen LogP contribution is -2.14. The maximum absolute atomic E-state index is 12.1. The molecular formula is C18H21NO2. The number of aliphatic hydroxyl groups excluding tert-OH is 1. The molecule has 0 saturated heterocycles. The molecule has 2 N–H and O–H groups in total. The van der Waals surface area contributed by atoms with E-state index < -0.39 is 6.10 Å². The summed E-state index contributed by atoms with van der Waals surface area (Å²) in [6.45, 7) is 3.74. The van der Waals surface area contributed by atoms with Crippen molar-refractivity contribution in [3.05, 3.63) is 65.2 Å². The maximum Gasteiger partial charge on any atom is 0.224 e. The number of carbonyl (C=O) groups excluding carboxylic acids is 1. The molecule has 110 valence electrons. The van der Waals surface area contributed by atoms with Crippen LogP contribution in [-0.4, -0.2) is 11.0 Å². The van der Waals surface area contributed by atoms with Gasteiger partial charge in [-0.3, -0.25) is 4.79 Å². The number of carbonyl (C=O) groups is 1. The highest BCUT2D eigenvalue weighted by molar-refractivity contribution is 5.91. The van der Waals surface area contributed by atoms with Crippen molar-refractivity contribution in [1.29, 1.82) is 0 Å². The molecule has 3 heteroatoms. The van der Waals surface area contributed by atoms with E-state index in [-0.39, 0.29) is 5.91 Å². The van der Waals surface area contributed by atoms with Gasteiger partial charge in [0.15, 0.2) is 0 Å². The van der Waals surface area contributed by atoms with Crippen molar-refractivity contribution >= 4 is 11.6 Å². The summed E-state index contributed by atoms with van der Waals surface area (Å²) in [6, 6.07) is 15.4. The van der Waals surface area contributed by atoms with Crippen LogP contribution >= 0.6 is 0 Å². The number of hydrogen-bond donors (Lipinski definition) is 2. The van der Waals surface area contributed by atoms with Crippen molar-refractivity contribution < 1.29 is 9.90 Å². The highest BCUT2D eigenvalue weighted by Gasteiger charge is 2.10. The van der Waals surface area contributed by atoms with Crippen LogP contribution in [0.25, 0.3) is 0 Å². The Hall–Kier alpha value is -2.13. The van der Waals surface area contributed by atoms with Crippen LogP contribution in [0.2, 0.25) is 0 Å². The molecule has 1 atom stereocenters. The van der Waals surface area contributed by atoms with Crippen molar-refractivity contribution in [3.63, 3.8) is 0 Å². The number of amides is 1. The third kappa shape index (κ3) is 4.17. The number of benzene rings is 2. The minimum Gasteiger partial charge on any atom is -0.389 e. The van der Waals surface area contributed by atoms with E-state index in [9.17, 15) is 9.90 Å². The molecule has 0 heterocycles. The average molecular weight is 283 g/mol. The summed E-state index contributed by atoms with van der Waals surface area (Å²) in [7, 11) is 0. The van der Waals surface area contributed by atoms with Crippen LogP contribution in [-0.2, 0) is 11.2 Å². The van der Waals surface area contributed by atoms with Crippen molar-refractivity contribution in [1.82, 2.24) is 0 Å². The van der Waals surface area contributed by atoms with Gasteiger partial charge in [0.25, 0.3) is 0 Å². The standard InChI is InChI=1S/C18H21NO2/c1-13-7-3-4-8-15(13)11-12-18(21)19-17-10-6-5-9-16(17)14(2)20/h3-10,14,20H,11-12H2,1-2H3,(H,19,21). The number of rotatable bonds is 5. The van der Waals surface area contributed by atoms with Gasteiger partial charge in [0.2, 0.25) is 5.91 Å². The molecule has 1 unspecified atom stereocenters. The first-order chi connectivity index (χ1) is 10.1. The van der Waals surface area contributed by atoms with Gasteiger partial charge >= 0.3 is 0 Å². The van der Waals surface area contributed by atoms with Crippen molar-refractivity contribution in [2.75, 3.05) is 5.32 Å². The molecule has 21 heavy (non-hydrogen) atoms. The van der Waals surface area contributed by atoms with Crippen LogP contribution in [0.15, 0.2) is 48.5 Å². The largest absolute Gasteiger partial charge is 0.389 e. The molecule has 3 nitrogen and oxygen atoms in total. The molecule has 0 aliphatic rings. The summed E-state index contributed by atoms with van der Waals surface area (Å²) in [5, 5.41) is 12.6. The van der Waals surface area contributed by atoms with Crippen molar-refractivity contribution in [3.8, 4) is 0 Å². The number of aliphatic hydroxyl groups is 1. The lowest BCUT2D eigenvalue weighted by Gasteiger charge is -2.13. The number of hydrogen-bond acceptors (Lipinski definition) is 2. The highest BCUT2D eigenvalue weighted by Crippen LogP contribution is 2.22. The smallest absolute Gasteiger partial charge is 0.224 e. The van der Waals surface area contributed by atoms with Gasteiger partial charge in [-0.2, -0.15) is 0 Å². The van der Waals surface area contributed by atoms with E-state index in [2.05, 4.69) is 18.3 Å². The molecule has 0 spiro atoms. The Labute approximate surface area is 125 Å². The molecule has 0 bridgehead atoms. The first kappa shape index (κ1) is 15.3. The fourth-order valence-electron chi connectivity index (χ4n) is 2.33. The normalized spacial score (nSPS) is 12.0. The third-order valence-electron chi connectivity index (χ3n) is 3.57. The van der Waals surface area contributed by atoms with Crippen LogP contribution in [0, 0.1) is 6.92 Å². The van der Waals surface area contributed by atoms with Gasteiger partial charge in [-0.1, -0.05) is 42.5 Å². The summed E-state index contributed by atoms with van der Waals surface area (Å²) in [5.41, 5.74) is 3.81. The zero-order valence-corrected chi connectivity index (χ0v) is 12.5. The summed E-state index contributed by atoms with van der Waals surface area (Å²) in [4.78, 5) is 12.1. The van der Waals surface area contributed by atoms with Crippen LogP contribution < -0.4 is 5.32 Å². The Kier molecular flexibility index (Phi) is 5.12. The molecule has 0 aromatic heterocycles. The van der Waals surface area contributed by atoms with Gasteiger partial charge < -0.3 is 10.4 Å². The molecule has 0 aliphatic carbocycles. The van der Waals surface area contributed by atoms with Crippen molar-refractivity contribution in [2.24, 2.45) is 0 Å². The van der Waals surface area contributed by atoms with Gasteiger partial charge in [-0.15, -0.1) is 0 Å². The molecule has 0 radical (unpaired) electrons. The Bertz CT molecular complexity index is 620. The maximum atomic E-state index is 12.1. The Morgan fingerprint density at radius 1 is 1.14 bits per heavy atom. The summed E-state index contributed by atoms with van der Waals surface area (Å²) in [5.74, 6) is -0.0358. The van der Waals surface area contributed by atoms with E-state index in [0.717, 1.165) is 12.0 Å². The molecule has 1 amide bonds. The molecule has 2 aromatic rings. The van der Waals surface area contributed by atoms with Crippen LogP contribution in [0.4, 0.5) is 5.69 Å².